The molecule has 0 saturated heterocycles. The second kappa shape index (κ2) is 16.7. The predicted octanol–water partition coefficient (Wildman–Crippen LogP) is 11.4. The smallest absolute Gasteiger partial charge is 0.417 e. The molecule has 0 radical (unpaired) electrons. The zero-order chi connectivity index (χ0) is 33.4. The molecule has 0 aliphatic carbocycles. The Balaban J connectivity index is 0.000000253. The summed E-state index contributed by atoms with van der Waals surface area (Å²) in [5, 5.41) is 37.8. The molecule has 2 aromatic heterocycles. The maximum Gasteiger partial charge on any atom is 0.417 e. The van der Waals surface area contributed by atoms with Crippen molar-refractivity contribution in [3.05, 3.63) is 99.8 Å². The summed E-state index contributed by atoms with van der Waals surface area (Å²) in [4.78, 5) is 9.59. The van der Waals surface area contributed by atoms with Gasteiger partial charge in [-0.2, -0.15) is 13.2 Å². The van der Waals surface area contributed by atoms with Crippen molar-refractivity contribution in [3.63, 3.8) is 0 Å². The summed E-state index contributed by atoms with van der Waals surface area (Å²) in [6, 6.07) is 18.1. The van der Waals surface area contributed by atoms with E-state index in [1.54, 1.807) is 24.3 Å². The fraction of sp³-hybridized carbons (Fsp3) is 0.161. The Kier molecular flexibility index (Phi) is 13.3. The number of hydrogen-bond donors (Lipinski definition) is 2. The first-order chi connectivity index (χ1) is 21.9. The van der Waals surface area contributed by atoms with Gasteiger partial charge in [0.1, 0.15) is 22.9 Å². The molecule has 2 N–H and O–H groups in total. The van der Waals surface area contributed by atoms with Crippen molar-refractivity contribution >= 4 is 74.3 Å². The molecule has 0 saturated carbocycles. The number of halogens is 6. The van der Waals surface area contributed by atoms with Crippen LogP contribution in [0.25, 0.3) is 10.8 Å². The van der Waals surface area contributed by atoms with Crippen LogP contribution < -0.4 is 4.90 Å². The third-order valence-electron chi connectivity index (χ3n) is 6.40. The zero-order valence-electron chi connectivity index (χ0n) is 24.5. The maximum atomic E-state index is 12.6. The van der Waals surface area contributed by atoms with Gasteiger partial charge in [-0.15, -0.1) is 20.5 Å². The molecule has 16 heteroatoms. The number of azo groups is 2. The molecular formula is C31H25Cl3F3N7NiO2. The van der Waals surface area contributed by atoms with Crippen molar-refractivity contribution in [2.24, 2.45) is 20.5 Å². The van der Waals surface area contributed by atoms with Crippen LogP contribution in [0.15, 0.2) is 99.6 Å². The number of rotatable bonds is 7. The van der Waals surface area contributed by atoms with Crippen LogP contribution in [0.3, 0.4) is 0 Å². The molecule has 0 unspecified atom stereocenters. The van der Waals surface area contributed by atoms with Crippen LogP contribution in [-0.2, 0) is 22.7 Å². The van der Waals surface area contributed by atoms with Crippen LogP contribution >= 0.6 is 34.8 Å². The molecule has 0 fully saturated rings. The van der Waals surface area contributed by atoms with E-state index in [1.165, 1.54) is 12.3 Å². The SMILES string of the molecule is CCN(CC)c1ccc(N=Nc2ncc(C(F)(F)F)cc2Cl)c(O)c1.Oc1ccc2ccccc2c1N=Nc1ncc(Cl)cc1Cl.[Ni]. The van der Waals surface area contributed by atoms with Gasteiger partial charge in [0.15, 0.2) is 11.6 Å². The number of aromatic hydroxyl groups is 2. The minimum absolute atomic E-state index is 0. The largest absolute Gasteiger partial charge is 0.506 e. The summed E-state index contributed by atoms with van der Waals surface area (Å²) < 4.78 is 37.7. The normalized spacial score (nSPS) is 11.4. The van der Waals surface area contributed by atoms with E-state index in [2.05, 4.69) is 30.4 Å². The molecule has 0 aliphatic heterocycles. The molecule has 3 aromatic carbocycles. The minimum atomic E-state index is -4.54. The quantitative estimate of drug-likeness (QED) is 0.127. The molecular weight excluding hydrogens is 724 g/mol. The van der Waals surface area contributed by atoms with Crippen molar-refractivity contribution in [1.82, 2.24) is 9.97 Å². The number of aromatic nitrogens is 2. The molecule has 2 heterocycles. The van der Waals surface area contributed by atoms with Gasteiger partial charge in [-0.25, -0.2) is 9.97 Å². The van der Waals surface area contributed by atoms with Crippen molar-refractivity contribution < 1.29 is 39.9 Å². The fourth-order valence-electron chi connectivity index (χ4n) is 4.07. The van der Waals surface area contributed by atoms with Crippen LogP contribution in [0, 0.1) is 0 Å². The molecule has 0 atom stereocenters. The van der Waals surface area contributed by atoms with E-state index in [-0.39, 0.29) is 50.3 Å². The molecule has 0 spiro atoms. The van der Waals surface area contributed by atoms with Crippen LogP contribution in [0.5, 0.6) is 11.5 Å². The summed E-state index contributed by atoms with van der Waals surface area (Å²) in [7, 11) is 0. The zero-order valence-corrected chi connectivity index (χ0v) is 27.8. The average molecular weight is 750 g/mol. The molecule has 0 amide bonds. The summed E-state index contributed by atoms with van der Waals surface area (Å²) in [5.41, 5.74) is 0.393. The Morgan fingerprint density at radius 2 is 1.38 bits per heavy atom. The van der Waals surface area contributed by atoms with Crippen LogP contribution in [0.1, 0.15) is 19.4 Å². The summed E-state index contributed by atoms with van der Waals surface area (Å²) in [6.45, 7) is 5.54. The van der Waals surface area contributed by atoms with E-state index >= 15 is 0 Å². The van der Waals surface area contributed by atoms with Gasteiger partial charge >= 0.3 is 6.18 Å². The molecule has 5 aromatic rings. The maximum absolute atomic E-state index is 12.6. The molecule has 248 valence electrons. The van der Waals surface area contributed by atoms with Crippen LogP contribution in [0.2, 0.25) is 15.1 Å². The molecule has 5 rings (SSSR count). The second-order valence-corrected chi connectivity index (χ2v) is 10.6. The van der Waals surface area contributed by atoms with E-state index in [4.69, 9.17) is 34.8 Å². The first-order valence-corrected chi connectivity index (χ1v) is 14.7. The minimum Gasteiger partial charge on any atom is -0.506 e. The van der Waals surface area contributed by atoms with Gasteiger partial charge < -0.3 is 15.1 Å². The first kappa shape index (κ1) is 37.4. The standard InChI is InChI=1S/C16H16ClF3N4O.C15H9Cl2N3O.Ni/c1-3-24(4-2)11-5-6-13(14(25)8-11)22-23-15-12(17)7-10(9-21-15)16(18,19)20;16-10-7-12(17)15(18-8-10)20-19-14-11-4-2-1-3-9(11)5-6-13(14)21;/h5-9,25H,3-4H2,1-2H3;1-8,21H;. The fourth-order valence-corrected chi connectivity index (χ4v) is 4.69. The number of fused-ring (bicyclic) bond motifs is 1. The second-order valence-electron chi connectivity index (χ2n) is 9.39. The number of phenols is 2. The van der Waals surface area contributed by atoms with E-state index in [1.807, 2.05) is 49.1 Å². The van der Waals surface area contributed by atoms with Gasteiger partial charge in [-0.1, -0.05) is 65.1 Å². The Bertz CT molecular complexity index is 1910. The van der Waals surface area contributed by atoms with Gasteiger partial charge in [0.2, 0.25) is 0 Å². The third-order valence-corrected chi connectivity index (χ3v) is 7.16. The summed E-state index contributed by atoms with van der Waals surface area (Å²) >= 11 is 17.5. The van der Waals surface area contributed by atoms with Gasteiger partial charge in [0.25, 0.3) is 0 Å². The third kappa shape index (κ3) is 9.74. The van der Waals surface area contributed by atoms with Gasteiger partial charge in [-0.3, -0.25) is 0 Å². The number of hydrogen-bond acceptors (Lipinski definition) is 9. The molecule has 0 aliphatic rings. The Morgan fingerprint density at radius 1 is 0.745 bits per heavy atom. The van der Waals surface area contributed by atoms with Crippen LogP contribution in [-0.4, -0.2) is 33.3 Å². The van der Waals surface area contributed by atoms with E-state index in [0.717, 1.165) is 35.6 Å². The summed E-state index contributed by atoms with van der Waals surface area (Å²) in [6.07, 6.45) is -2.47. The van der Waals surface area contributed by atoms with Crippen molar-refractivity contribution in [2.45, 2.75) is 20.0 Å². The number of pyridine rings is 2. The Labute approximate surface area is 292 Å². The molecule has 47 heavy (non-hydrogen) atoms. The number of nitrogens with zero attached hydrogens (tertiary/aromatic N) is 7. The number of anilines is 1. The van der Waals surface area contributed by atoms with Crippen molar-refractivity contribution in [1.29, 1.82) is 0 Å². The molecule has 9 nitrogen and oxygen atoms in total. The average Bonchev–Trinajstić information content (AvgIpc) is 3.02. The Morgan fingerprint density at radius 3 is 2.00 bits per heavy atom. The van der Waals surface area contributed by atoms with E-state index < -0.39 is 11.7 Å². The number of alkyl halides is 3. The number of benzene rings is 3. The monoisotopic (exact) mass is 747 g/mol. The first-order valence-electron chi connectivity index (χ1n) is 13.6. The number of phenolic OH excluding ortho intramolecular Hbond substituents is 2. The topological polar surface area (TPSA) is 119 Å². The molecule has 0 bridgehead atoms. The van der Waals surface area contributed by atoms with Crippen molar-refractivity contribution in [2.75, 3.05) is 18.0 Å². The van der Waals surface area contributed by atoms with Gasteiger partial charge in [-0.05, 0) is 49.6 Å². The van der Waals surface area contributed by atoms with Crippen molar-refractivity contribution in [3.8, 4) is 11.5 Å². The van der Waals surface area contributed by atoms with E-state index in [9.17, 15) is 23.4 Å². The van der Waals surface area contributed by atoms with Gasteiger partial charge in [0.05, 0.1) is 20.6 Å². The summed E-state index contributed by atoms with van der Waals surface area (Å²) in [5.74, 6) is 0.0222. The van der Waals surface area contributed by atoms with E-state index in [0.29, 0.717) is 21.9 Å². The predicted molar refractivity (Wildman–Crippen MR) is 174 cm³/mol. The van der Waals surface area contributed by atoms with Gasteiger partial charge in [0, 0.05) is 59.1 Å². The Hall–Kier alpha value is -4.03. The van der Waals surface area contributed by atoms with Crippen LogP contribution in [0.4, 0.5) is 41.9 Å².